The van der Waals surface area contributed by atoms with Gasteiger partial charge in [-0.3, -0.25) is 9.78 Å². The molecule has 1 saturated heterocycles. The first kappa shape index (κ1) is 19.3. The molecular formula is C22H26N2O3S. The lowest BCUT2D eigenvalue weighted by Crippen LogP contribution is -2.48. The minimum Gasteiger partial charge on any atom is -0.485 e. The molecule has 3 heterocycles. The molecule has 28 heavy (non-hydrogen) atoms. The fourth-order valence-electron chi connectivity index (χ4n) is 3.99. The molecule has 148 valence electrons. The summed E-state index contributed by atoms with van der Waals surface area (Å²) in [5.74, 6) is 2.03. The number of hydrogen-bond acceptors (Lipinski definition) is 4. The molecule has 2 aromatic rings. The van der Waals surface area contributed by atoms with Gasteiger partial charge in [0.15, 0.2) is 0 Å². The molecule has 1 aromatic carbocycles. The van der Waals surface area contributed by atoms with Crippen molar-refractivity contribution in [1.82, 2.24) is 9.29 Å². The molecule has 0 saturated carbocycles. The zero-order chi connectivity index (χ0) is 19.7. The van der Waals surface area contributed by atoms with Crippen LogP contribution in [0.1, 0.15) is 42.6 Å². The molecule has 6 heteroatoms. The molecule has 0 amide bonds. The second-order valence-electron chi connectivity index (χ2n) is 8.19. The fourth-order valence-corrected chi connectivity index (χ4v) is 5.36. The number of ether oxygens (including phenoxy) is 1. The van der Waals surface area contributed by atoms with E-state index in [9.17, 15) is 9.00 Å². The van der Waals surface area contributed by atoms with Crippen molar-refractivity contribution in [3.05, 3.63) is 47.7 Å². The van der Waals surface area contributed by atoms with E-state index in [0.29, 0.717) is 11.5 Å². The second-order valence-corrected chi connectivity index (χ2v) is 9.68. The molecule has 0 N–H and O–H groups in total. The van der Waals surface area contributed by atoms with Crippen LogP contribution in [0.25, 0.3) is 11.3 Å². The number of carbonyl (C=O) groups is 1. The molecule has 0 bridgehead atoms. The number of benzene rings is 1. The second kappa shape index (κ2) is 7.76. The molecule has 1 atom stereocenters. The van der Waals surface area contributed by atoms with E-state index in [1.54, 1.807) is 0 Å². The molecule has 0 aliphatic carbocycles. The van der Waals surface area contributed by atoms with Gasteiger partial charge in [-0.05, 0) is 12.0 Å². The molecule has 4 rings (SSSR count). The number of hydrogen-bond donors (Lipinski definition) is 0. The number of aromatic nitrogens is 1. The summed E-state index contributed by atoms with van der Waals surface area (Å²) in [4.78, 5) is 15.4. The van der Waals surface area contributed by atoms with E-state index in [0.717, 1.165) is 61.4 Å². The lowest BCUT2D eigenvalue weighted by molar-refractivity contribution is 0.0415. The highest BCUT2D eigenvalue weighted by Gasteiger charge is 2.43. The van der Waals surface area contributed by atoms with Crippen molar-refractivity contribution in [1.29, 1.82) is 0 Å². The minimum absolute atomic E-state index is 0.192. The maximum Gasteiger partial charge on any atom is 0.150 e. The monoisotopic (exact) mass is 398 g/mol. The number of fused-ring (bicyclic) bond motifs is 1. The van der Waals surface area contributed by atoms with Crippen molar-refractivity contribution in [2.24, 2.45) is 5.92 Å². The standard InChI is InChI=1S/C22H26N2O3S/c1-16(2)15-28(26)24-9-7-22(8-10-24)12-19-11-20(23-13-21(19)27-22)18-5-3-17(14-25)4-6-18/h3-6,11,13-14,16H,7-10,12,15H2,1-2H3. The van der Waals surface area contributed by atoms with E-state index < -0.39 is 11.0 Å². The Labute approximate surface area is 168 Å². The Bertz CT molecular complexity index is 887. The van der Waals surface area contributed by atoms with Crippen LogP contribution in [-0.2, 0) is 17.4 Å². The van der Waals surface area contributed by atoms with Crippen LogP contribution < -0.4 is 4.74 Å². The van der Waals surface area contributed by atoms with Crippen LogP contribution >= 0.6 is 0 Å². The van der Waals surface area contributed by atoms with Gasteiger partial charge >= 0.3 is 0 Å². The van der Waals surface area contributed by atoms with Crippen LogP contribution in [0.5, 0.6) is 5.75 Å². The smallest absolute Gasteiger partial charge is 0.150 e. The molecule has 1 aromatic heterocycles. The van der Waals surface area contributed by atoms with Crippen LogP contribution in [0.3, 0.4) is 0 Å². The maximum atomic E-state index is 12.4. The van der Waals surface area contributed by atoms with Gasteiger partial charge in [0.2, 0.25) is 0 Å². The Morgan fingerprint density at radius 3 is 2.61 bits per heavy atom. The number of nitrogens with zero attached hydrogens (tertiary/aromatic N) is 2. The number of piperidine rings is 1. The first-order valence-corrected chi connectivity index (χ1v) is 11.1. The van der Waals surface area contributed by atoms with Crippen LogP contribution in [0.2, 0.25) is 0 Å². The Morgan fingerprint density at radius 1 is 1.25 bits per heavy atom. The lowest BCUT2D eigenvalue weighted by atomic mass is 9.88. The lowest BCUT2D eigenvalue weighted by Gasteiger charge is -2.38. The van der Waals surface area contributed by atoms with E-state index in [1.807, 2.05) is 30.5 Å². The van der Waals surface area contributed by atoms with Crippen LogP contribution in [0.4, 0.5) is 0 Å². The summed E-state index contributed by atoms with van der Waals surface area (Å²) >= 11 is 0. The highest BCUT2D eigenvalue weighted by molar-refractivity contribution is 7.82. The summed E-state index contributed by atoms with van der Waals surface area (Å²) in [6, 6.07) is 9.56. The van der Waals surface area contributed by atoms with Crippen LogP contribution in [0.15, 0.2) is 36.5 Å². The third-order valence-corrected chi connectivity index (χ3v) is 7.42. The average molecular weight is 399 g/mol. The van der Waals surface area contributed by atoms with Gasteiger partial charge < -0.3 is 4.74 Å². The Balaban J connectivity index is 1.45. The summed E-state index contributed by atoms with van der Waals surface area (Å²) in [6.07, 6.45) is 5.30. The zero-order valence-electron chi connectivity index (χ0n) is 16.4. The van der Waals surface area contributed by atoms with E-state index in [2.05, 4.69) is 29.2 Å². The van der Waals surface area contributed by atoms with Crippen molar-refractivity contribution in [3.63, 3.8) is 0 Å². The minimum atomic E-state index is -0.894. The van der Waals surface area contributed by atoms with Gasteiger partial charge in [-0.15, -0.1) is 0 Å². The van der Waals surface area contributed by atoms with E-state index in [1.165, 1.54) is 5.56 Å². The summed E-state index contributed by atoms with van der Waals surface area (Å²) in [6.45, 7) is 5.83. The number of rotatable bonds is 5. The maximum absolute atomic E-state index is 12.4. The SMILES string of the molecule is CC(C)CS(=O)N1CCC2(CC1)Cc1cc(-c3ccc(C=O)cc3)ncc1O2. The van der Waals surface area contributed by atoms with Crippen molar-refractivity contribution >= 4 is 17.3 Å². The van der Waals surface area contributed by atoms with Gasteiger partial charge in [0, 0.05) is 54.8 Å². The highest BCUT2D eigenvalue weighted by Crippen LogP contribution is 2.42. The molecule has 2 aliphatic heterocycles. The van der Waals surface area contributed by atoms with E-state index in [-0.39, 0.29) is 5.60 Å². The topological polar surface area (TPSA) is 59.5 Å². The molecular weight excluding hydrogens is 372 g/mol. The molecule has 1 unspecified atom stereocenters. The third kappa shape index (κ3) is 3.89. The molecule has 1 fully saturated rings. The summed E-state index contributed by atoms with van der Waals surface area (Å²) in [5.41, 5.74) is 3.54. The normalized spacial score (nSPS) is 19.4. The predicted molar refractivity (Wildman–Crippen MR) is 111 cm³/mol. The van der Waals surface area contributed by atoms with Gasteiger partial charge in [0.1, 0.15) is 17.6 Å². The summed E-state index contributed by atoms with van der Waals surface area (Å²) in [7, 11) is -0.894. The molecule has 0 radical (unpaired) electrons. The van der Waals surface area contributed by atoms with Crippen molar-refractivity contribution < 1.29 is 13.7 Å². The molecule has 1 spiro atoms. The van der Waals surface area contributed by atoms with Crippen molar-refractivity contribution in [3.8, 4) is 17.0 Å². The van der Waals surface area contributed by atoms with Gasteiger partial charge in [-0.25, -0.2) is 8.51 Å². The Kier molecular flexibility index (Phi) is 5.34. The average Bonchev–Trinajstić information content (AvgIpc) is 3.04. The predicted octanol–water partition coefficient (Wildman–Crippen LogP) is 3.65. The largest absolute Gasteiger partial charge is 0.485 e. The summed E-state index contributed by atoms with van der Waals surface area (Å²) in [5, 5.41) is 0. The summed E-state index contributed by atoms with van der Waals surface area (Å²) < 4.78 is 20.9. The number of pyridine rings is 1. The third-order valence-electron chi connectivity index (χ3n) is 5.53. The van der Waals surface area contributed by atoms with Crippen LogP contribution in [0, 0.1) is 5.92 Å². The number of aldehydes is 1. The van der Waals surface area contributed by atoms with Gasteiger partial charge in [-0.2, -0.15) is 0 Å². The van der Waals surface area contributed by atoms with E-state index >= 15 is 0 Å². The van der Waals surface area contributed by atoms with Gasteiger partial charge in [0.05, 0.1) is 22.9 Å². The highest BCUT2D eigenvalue weighted by atomic mass is 32.2. The first-order chi connectivity index (χ1) is 13.5. The van der Waals surface area contributed by atoms with Crippen LogP contribution in [-0.4, -0.2) is 44.2 Å². The Morgan fingerprint density at radius 2 is 1.96 bits per heavy atom. The molecule has 2 aliphatic rings. The van der Waals surface area contributed by atoms with Gasteiger partial charge in [-0.1, -0.05) is 38.1 Å². The fraction of sp³-hybridized carbons (Fsp3) is 0.455. The quantitative estimate of drug-likeness (QED) is 0.722. The Hall–Kier alpha value is -2.05. The number of carbonyl (C=O) groups excluding carboxylic acids is 1. The van der Waals surface area contributed by atoms with E-state index in [4.69, 9.17) is 4.74 Å². The molecule has 5 nitrogen and oxygen atoms in total. The zero-order valence-corrected chi connectivity index (χ0v) is 17.2. The first-order valence-electron chi connectivity index (χ1n) is 9.85. The van der Waals surface area contributed by atoms with Gasteiger partial charge in [0.25, 0.3) is 0 Å². The van der Waals surface area contributed by atoms with Crippen molar-refractivity contribution in [2.45, 2.75) is 38.7 Å². The van der Waals surface area contributed by atoms with Crippen molar-refractivity contribution in [2.75, 3.05) is 18.8 Å².